The second-order valence-electron chi connectivity index (χ2n) is 7.50. The molecule has 0 saturated carbocycles. The number of rotatable bonds is 7. The van der Waals surface area contributed by atoms with Gasteiger partial charge in [0.2, 0.25) is 0 Å². The fourth-order valence-corrected chi connectivity index (χ4v) is 3.68. The van der Waals surface area contributed by atoms with Gasteiger partial charge >= 0.3 is 0 Å². The van der Waals surface area contributed by atoms with Crippen molar-refractivity contribution in [2.24, 2.45) is 5.73 Å². The Kier molecular flexibility index (Phi) is 5.82. The Morgan fingerprint density at radius 1 is 1.10 bits per heavy atom. The van der Waals surface area contributed by atoms with Gasteiger partial charge in [0, 0.05) is 30.7 Å². The minimum absolute atomic E-state index is 0.0566. The number of carbonyl (C=O) groups excluding carboxylic acids is 1. The van der Waals surface area contributed by atoms with Crippen molar-refractivity contribution in [3.05, 3.63) is 102 Å². The van der Waals surface area contributed by atoms with Crippen LogP contribution in [-0.2, 0) is 11.2 Å². The number of imidazole rings is 1. The molecule has 2 atom stereocenters. The van der Waals surface area contributed by atoms with Crippen molar-refractivity contribution in [3.8, 4) is 11.1 Å². The predicted molar refractivity (Wildman–Crippen MR) is 116 cm³/mol. The van der Waals surface area contributed by atoms with Gasteiger partial charge in [-0.05, 0) is 28.7 Å². The number of nitrogens with one attached hydrogen (secondary N) is 1. The van der Waals surface area contributed by atoms with Crippen LogP contribution in [0.1, 0.15) is 30.0 Å². The Balaban J connectivity index is 1.33. The molecule has 0 amide bonds. The standard InChI is InChI=1S/C25H25N3O/c26-24(15-23-16-27-17-28-23)25(29)14-18-6-8-20(9-7-18)22-12-10-21(11-13-22)19-4-2-1-3-5-19/h1-8,10-13,16-17,20,24H,9,14-15,26H2,(H,27,28)/t20?,24-/m0/s1. The van der Waals surface area contributed by atoms with Gasteiger partial charge in [0.15, 0.2) is 5.78 Å². The average Bonchev–Trinajstić information content (AvgIpc) is 3.28. The highest BCUT2D eigenvalue weighted by atomic mass is 16.1. The van der Waals surface area contributed by atoms with Crippen LogP contribution in [0.4, 0.5) is 0 Å². The summed E-state index contributed by atoms with van der Waals surface area (Å²) in [5.41, 5.74) is 11.7. The van der Waals surface area contributed by atoms with Crippen molar-refractivity contribution in [2.45, 2.75) is 31.2 Å². The first-order chi connectivity index (χ1) is 14.2. The van der Waals surface area contributed by atoms with E-state index in [-0.39, 0.29) is 5.78 Å². The number of benzene rings is 2. The van der Waals surface area contributed by atoms with Gasteiger partial charge in [-0.2, -0.15) is 0 Å². The second-order valence-corrected chi connectivity index (χ2v) is 7.50. The molecule has 4 rings (SSSR count). The summed E-state index contributed by atoms with van der Waals surface area (Å²) in [6.07, 6.45) is 11.5. The summed E-state index contributed by atoms with van der Waals surface area (Å²) in [7, 11) is 0. The SMILES string of the molecule is N[C@@H](Cc1cnc[nH]1)C(=O)CC1=CCC(c2ccc(-c3ccccc3)cc2)C=C1. The Labute approximate surface area is 171 Å². The van der Waals surface area contributed by atoms with Crippen LogP contribution in [0.5, 0.6) is 0 Å². The molecule has 0 radical (unpaired) electrons. The highest BCUT2D eigenvalue weighted by molar-refractivity contribution is 5.86. The first-order valence-electron chi connectivity index (χ1n) is 9.97. The molecule has 3 N–H and O–H groups in total. The molecule has 29 heavy (non-hydrogen) atoms. The van der Waals surface area contributed by atoms with E-state index in [1.807, 2.05) is 6.07 Å². The Bertz CT molecular complexity index is 1000. The number of hydrogen-bond donors (Lipinski definition) is 2. The van der Waals surface area contributed by atoms with Gasteiger partial charge in [-0.15, -0.1) is 0 Å². The molecular weight excluding hydrogens is 358 g/mol. The number of allylic oxidation sites excluding steroid dienone is 4. The summed E-state index contributed by atoms with van der Waals surface area (Å²) in [5.74, 6) is 0.401. The molecule has 146 valence electrons. The van der Waals surface area contributed by atoms with Gasteiger partial charge in [-0.25, -0.2) is 4.98 Å². The van der Waals surface area contributed by atoms with Crippen molar-refractivity contribution >= 4 is 5.78 Å². The lowest BCUT2D eigenvalue weighted by Crippen LogP contribution is -2.33. The number of aromatic nitrogens is 2. The van der Waals surface area contributed by atoms with Crippen LogP contribution in [0.15, 0.2) is 90.9 Å². The van der Waals surface area contributed by atoms with Crippen LogP contribution >= 0.6 is 0 Å². The minimum atomic E-state index is -0.506. The second kappa shape index (κ2) is 8.84. The lowest BCUT2D eigenvalue weighted by molar-refractivity contribution is -0.119. The molecule has 1 aliphatic rings. The number of hydrogen-bond acceptors (Lipinski definition) is 3. The van der Waals surface area contributed by atoms with E-state index in [9.17, 15) is 4.79 Å². The Morgan fingerprint density at radius 3 is 2.52 bits per heavy atom. The van der Waals surface area contributed by atoms with E-state index in [1.165, 1.54) is 16.7 Å². The summed E-state index contributed by atoms with van der Waals surface area (Å²) in [4.78, 5) is 19.4. The quantitative estimate of drug-likeness (QED) is 0.627. The van der Waals surface area contributed by atoms with Crippen LogP contribution in [0.25, 0.3) is 11.1 Å². The molecule has 1 heterocycles. The van der Waals surface area contributed by atoms with E-state index in [4.69, 9.17) is 5.73 Å². The van der Waals surface area contributed by atoms with Crippen LogP contribution in [0.3, 0.4) is 0 Å². The van der Waals surface area contributed by atoms with Crippen molar-refractivity contribution in [3.63, 3.8) is 0 Å². The van der Waals surface area contributed by atoms with E-state index in [0.29, 0.717) is 18.8 Å². The fraction of sp³-hybridized carbons (Fsp3) is 0.200. The zero-order valence-corrected chi connectivity index (χ0v) is 16.3. The topological polar surface area (TPSA) is 71.8 Å². The molecule has 0 fully saturated rings. The lowest BCUT2D eigenvalue weighted by atomic mass is 9.87. The third-order valence-electron chi connectivity index (χ3n) is 5.41. The summed E-state index contributed by atoms with van der Waals surface area (Å²) in [6, 6.07) is 18.6. The fourth-order valence-electron chi connectivity index (χ4n) is 3.68. The highest BCUT2D eigenvalue weighted by Crippen LogP contribution is 2.29. The summed E-state index contributed by atoms with van der Waals surface area (Å²) in [5, 5.41) is 0. The largest absolute Gasteiger partial charge is 0.348 e. The van der Waals surface area contributed by atoms with Crippen molar-refractivity contribution in [1.82, 2.24) is 9.97 Å². The first kappa shape index (κ1) is 19.1. The van der Waals surface area contributed by atoms with E-state index in [2.05, 4.69) is 76.7 Å². The maximum absolute atomic E-state index is 12.4. The van der Waals surface area contributed by atoms with E-state index < -0.39 is 6.04 Å². The average molecular weight is 383 g/mol. The van der Waals surface area contributed by atoms with E-state index in [1.54, 1.807) is 12.5 Å². The number of H-pyrrole nitrogens is 1. The normalized spacial score (nSPS) is 17.0. The third-order valence-corrected chi connectivity index (χ3v) is 5.41. The molecule has 1 aromatic heterocycles. The number of nitrogens with two attached hydrogens (primary N) is 1. The maximum Gasteiger partial charge on any atom is 0.154 e. The molecule has 1 aliphatic carbocycles. The summed E-state index contributed by atoms with van der Waals surface area (Å²) >= 11 is 0. The summed E-state index contributed by atoms with van der Waals surface area (Å²) in [6.45, 7) is 0. The molecule has 0 bridgehead atoms. The Hall–Kier alpha value is -3.24. The number of aromatic amines is 1. The van der Waals surface area contributed by atoms with Gasteiger partial charge in [0.05, 0.1) is 12.4 Å². The molecule has 1 unspecified atom stereocenters. The molecule has 4 heteroatoms. The molecular formula is C25H25N3O. The molecule has 0 aliphatic heterocycles. The van der Waals surface area contributed by atoms with Crippen LogP contribution in [0, 0.1) is 0 Å². The van der Waals surface area contributed by atoms with Crippen molar-refractivity contribution < 1.29 is 4.79 Å². The Morgan fingerprint density at radius 2 is 1.86 bits per heavy atom. The zero-order valence-electron chi connectivity index (χ0n) is 16.3. The van der Waals surface area contributed by atoms with Gasteiger partial charge in [-0.1, -0.05) is 72.8 Å². The van der Waals surface area contributed by atoms with Crippen LogP contribution in [-0.4, -0.2) is 21.8 Å². The van der Waals surface area contributed by atoms with Crippen LogP contribution < -0.4 is 5.73 Å². The van der Waals surface area contributed by atoms with Crippen LogP contribution in [0.2, 0.25) is 0 Å². The number of nitrogens with zero attached hydrogens (tertiary/aromatic N) is 1. The highest BCUT2D eigenvalue weighted by Gasteiger charge is 2.18. The number of ketones is 1. The smallest absolute Gasteiger partial charge is 0.154 e. The van der Waals surface area contributed by atoms with Gasteiger partial charge < -0.3 is 10.7 Å². The maximum atomic E-state index is 12.4. The lowest BCUT2D eigenvalue weighted by Gasteiger charge is -2.18. The molecule has 2 aromatic carbocycles. The summed E-state index contributed by atoms with van der Waals surface area (Å²) < 4.78 is 0. The van der Waals surface area contributed by atoms with E-state index >= 15 is 0 Å². The molecule has 4 nitrogen and oxygen atoms in total. The number of Topliss-reactive ketones (excluding diaryl/α,β-unsaturated/α-hetero) is 1. The first-order valence-corrected chi connectivity index (χ1v) is 9.97. The molecule has 0 spiro atoms. The van der Waals surface area contributed by atoms with E-state index in [0.717, 1.165) is 17.7 Å². The van der Waals surface area contributed by atoms with Crippen molar-refractivity contribution in [1.29, 1.82) is 0 Å². The molecule has 3 aromatic rings. The van der Waals surface area contributed by atoms with Crippen molar-refractivity contribution in [2.75, 3.05) is 0 Å². The minimum Gasteiger partial charge on any atom is -0.348 e. The monoisotopic (exact) mass is 383 g/mol. The zero-order chi connectivity index (χ0) is 20.1. The van der Waals surface area contributed by atoms with Gasteiger partial charge in [0.1, 0.15) is 0 Å². The third kappa shape index (κ3) is 4.79. The molecule has 0 saturated heterocycles. The van der Waals surface area contributed by atoms with Gasteiger partial charge in [0.25, 0.3) is 0 Å². The number of carbonyl (C=O) groups is 1. The van der Waals surface area contributed by atoms with Gasteiger partial charge in [-0.3, -0.25) is 4.79 Å². The predicted octanol–water partition coefficient (Wildman–Crippen LogP) is 4.58.